The molecule has 0 N–H and O–H groups in total. The Hall–Kier alpha value is -1.95. The summed E-state index contributed by atoms with van der Waals surface area (Å²) in [6.45, 7) is 0. The molecule has 1 heteroatoms. The molecule has 0 unspecified atom stereocenters. The van der Waals surface area contributed by atoms with Crippen LogP contribution in [0.25, 0.3) is 30.4 Å². The van der Waals surface area contributed by atoms with E-state index in [1.54, 1.807) is 0 Å². The van der Waals surface area contributed by atoms with Crippen molar-refractivity contribution in [3.8, 4) is 11.1 Å². The molecule has 0 atom stereocenters. The number of fused-ring (bicyclic) bond motifs is 2. The van der Waals surface area contributed by atoms with Crippen molar-refractivity contribution in [3.05, 3.63) is 78.9 Å². The van der Waals surface area contributed by atoms with Crippen molar-refractivity contribution in [2.75, 3.05) is 0 Å². The molecule has 0 spiro atoms. The van der Waals surface area contributed by atoms with Gasteiger partial charge in [0.15, 0.2) is 0 Å². The number of benzene rings is 3. The summed E-state index contributed by atoms with van der Waals surface area (Å²) >= 11 is 0.408. The van der Waals surface area contributed by atoms with E-state index in [0.29, 0.717) is 14.5 Å². The summed E-state index contributed by atoms with van der Waals surface area (Å²) in [6, 6.07) is 28.4. The van der Waals surface area contributed by atoms with E-state index in [9.17, 15) is 0 Å². The van der Waals surface area contributed by atoms with Crippen LogP contribution in [0.5, 0.6) is 0 Å². The maximum absolute atomic E-state index is 2.27. The zero-order valence-electron chi connectivity index (χ0n) is 10.9. The Labute approximate surface area is 124 Å². The van der Waals surface area contributed by atoms with Gasteiger partial charge in [-0.3, -0.25) is 0 Å². The molecule has 4 aromatic rings. The van der Waals surface area contributed by atoms with Crippen molar-refractivity contribution in [3.63, 3.8) is 0 Å². The first-order valence-corrected chi connectivity index (χ1v) is 8.44. The van der Waals surface area contributed by atoms with Gasteiger partial charge in [-0.05, 0) is 0 Å². The van der Waals surface area contributed by atoms with Crippen molar-refractivity contribution in [1.82, 2.24) is 0 Å². The van der Waals surface area contributed by atoms with Gasteiger partial charge in [0, 0.05) is 0 Å². The van der Waals surface area contributed by atoms with E-state index in [4.69, 9.17) is 0 Å². The van der Waals surface area contributed by atoms with Crippen LogP contribution in [-0.2, 0) is 0 Å². The molecule has 0 aliphatic rings. The Balaban J connectivity index is 2.24. The third kappa shape index (κ3) is 1.87. The van der Waals surface area contributed by atoms with Crippen molar-refractivity contribution in [2.24, 2.45) is 0 Å². The molecule has 0 saturated heterocycles. The molecule has 0 radical (unpaired) electrons. The van der Waals surface area contributed by atoms with Gasteiger partial charge in [-0.15, -0.1) is 0 Å². The summed E-state index contributed by atoms with van der Waals surface area (Å²) < 4.78 is 2.97. The van der Waals surface area contributed by atoms with Crippen LogP contribution in [0.15, 0.2) is 78.9 Å². The number of hydrogen-bond donors (Lipinski definition) is 0. The summed E-state index contributed by atoms with van der Waals surface area (Å²) in [5.41, 5.74) is 2.69. The Morgan fingerprint density at radius 2 is 1.00 bits per heavy atom. The fraction of sp³-hybridized carbons (Fsp3) is 0. The molecule has 0 aliphatic heterocycles. The Bertz CT molecular complexity index is 841. The Morgan fingerprint density at radius 1 is 0.500 bits per heavy atom. The molecule has 0 nitrogen and oxygen atoms in total. The van der Waals surface area contributed by atoms with Gasteiger partial charge in [0.25, 0.3) is 0 Å². The molecular weight excluding hydrogens is 307 g/mol. The SMILES string of the molecule is c1ccc(-c2c3ccccc3[se+]c3ccccc23)cc1. The van der Waals surface area contributed by atoms with Crippen LogP contribution in [0.4, 0.5) is 0 Å². The monoisotopic (exact) mass is 321 g/mol. The standard InChI is InChI=1S/C19H13Se/c1-2-8-14(9-3-1)19-15-10-4-6-12-17(15)20-18-13-7-5-11-16(18)19/h1-13H/q+1. The summed E-state index contributed by atoms with van der Waals surface area (Å²) in [5.74, 6) is 0. The van der Waals surface area contributed by atoms with E-state index in [0.717, 1.165) is 0 Å². The summed E-state index contributed by atoms with van der Waals surface area (Å²) in [5, 5.41) is 2.80. The molecule has 94 valence electrons. The quantitative estimate of drug-likeness (QED) is 0.342. The molecule has 0 amide bonds. The normalized spacial score (nSPS) is 11.0. The van der Waals surface area contributed by atoms with E-state index in [2.05, 4.69) is 78.9 Å². The van der Waals surface area contributed by atoms with E-state index in [-0.39, 0.29) is 0 Å². The molecule has 1 aromatic heterocycles. The fourth-order valence-corrected chi connectivity index (χ4v) is 4.99. The number of hydrogen-bond acceptors (Lipinski definition) is 0. The van der Waals surface area contributed by atoms with Crippen LogP contribution in [0.1, 0.15) is 0 Å². The van der Waals surface area contributed by atoms with Gasteiger partial charge in [0.2, 0.25) is 0 Å². The maximum atomic E-state index is 2.27. The molecule has 1 heterocycles. The average molecular weight is 320 g/mol. The predicted molar refractivity (Wildman–Crippen MR) is 88.2 cm³/mol. The van der Waals surface area contributed by atoms with E-state index in [1.807, 2.05) is 0 Å². The van der Waals surface area contributed by atoms with Gasteiger partial charge >= 0.3 is 124 Å². The molecule has 0 aliphatic carbocycles. The van der Waals surface area contributed by atoms with Crippen LogP contribution < -0.4 is 0 Å². The summed E-state index contributed by atoms with van der Waals surface area (Å²) in [6.07, 6.45) is 0. The topological polar surface area (TPSA) is 0 Å². The van der Waals surface area contributed by atoms with Gasteiger partial charge < -0.3 is 0 Å². The first kappa shape index (κ1) is 11.8. The van der Waals surface area contributed by atoms with Crippen molar-refractivity contribution < 1.29 is 0 Å². The van der Waals surface area contributed by atoms with Gasteiger partial charge in [-0.25, -0.2) is 0 Å². The van der Waals surface area contributed by atoms with Crippen LogP contribution in [0, 0.1) is 0 Å². The van der Waals surface area contributed by atoms with Gasteiger partial charge in [-0.1, -0.05) is 0 Å². The second kappa shape index (κ2) is 4.86. The first-order chi connectivity index (χ1) is 9.93. The fourth-order valence-electron chi connectivity index (χ4n) is 2.70. The van der Waals surface area contributed by atoms with Crippen LogP contribution in [0.2, 0.25) is 0 Å². The molecule has 4 rings (SSSR count). The molecule has 20 heavy (non-hydrogen) atoms. The molecule has 0 bridgehead atoms. The first-order valence-electron chi connectivity index (χ1n) is 6.72. The predicted octanol–water partition coefficient (Wildman–Crippen LogP) is 5.00. The van der Waals surface area contributed by atoms with Crippen LogP contribution in [0.3, 0.4) is 0 Å². The second-order valence-electron chi connectivity index (χ2n) is 4.84. The molecular formula is C19H13Se+. The third-order valence-corrected chi connectivity index (χ3v) is 6.01. The minimum absolute atomic E-state index is 0.408. The minimum atomic E-state index is 0.408. The van der Waals surface area contributed by atoms with Crippen LogP contribution >= 0.6 is 0 Å². The average Bonchev–Trinajstić information content (AvgIpc) is 2.53. The van der Waals surface area contributed by atoms with Gasteiger partial charge in [-0.2, -0.15) is 0 Å². The van der Waals surface area contributed by atoms with Gasteiger partial charge in [0.05, 0.1) is 0 Å². The Kier molecular flexibility index (Phi) is 2.88. The van der Waals surface area contributed by atoms with Crippen molar-refractivity contribution in [1.29, 1.82) is 0 Å². The van der Waals surface area contributed by atoms with E-state index < -0.39 is 0 Å². The summed E-state index contributed by atoms with van der Waals surface area (Å²) in [4.78, 5) is 0. The van der Waals surface area contributed by atoms with E-state index in [1.165, 1.54) is 30.4 Å². The third-order valence-electron chi connectivity index (χ3n) is 3.60. The zero-order chi connectivity index (χ0) is 13.4. The van der Waals surface area contributed by atoms with Crippen molar-refractivity contribution >= 4 is 33.8 Å². The number of rotatable bonds is 1. The van der Waals surface area contributed by atoms with E-state index >= 15 is 0 Å². The summed E-state index contributed by atoms with van der Waals surface area (Å²) in [7, 11) is 0. The molecule has 0 saturated carbocycles. The molecule has 3 aromatic carbocycles. The zero-order valence-corrected chi connectivity index (χ0v) is 12.6. The van der Waals surface area contributed by atoms with Crippen molar-refractivity contribution in [2.45, 2.75) is 0 Å². The van der Waals surface area contributed by atoms with Crippen LogP contribution in [-0.4, -0.2) is 14.5 Å². The second-order valence-corrected chi connectivity index (χ2v) is 7.11. The molecule has 0 fully saturated rings. The Morgan fingerprint density at radius 3 is 1.60 bits per heavy atom. The van der Waals surface area contributed by atoms with Gasteiger partial charge in [0.1, 0.15) is 0 Å².